The Morgan fingerprint density at radius 3 is 2.20 bits per heavy atom. The van der Waals surface area contributed by atoms with Crippen LogP contribution in [0.15, 0.2) is 0 Å². The molecule has 5 nitrogen and oxygen atoms in total. The summed E-state index contributed by atoms with van der Waals surface area (Å²) in [6, 6.07) is 0.426. The number of hydrogen-bond acceptors (Lipinski definition) is 4. The Morgan fingerprint density at radius 1 is 0.960 bits per heavy atom. The van der Waals surface area contributed by atoms with Crippen LogP contribution in [0.25, 0.3) is 0 Å². The van der Waals surface area contributed by atoms with Gasteiger partial charge in [0.05, 0.1) is 6.54 Å². The van der Waals surface area contributed by atoms with Crippen LogP contribution < -0.4 is 10.6 Å². The zero-order chi connectivity index (χ0) is 16.8. The summed E-state index contributed by atoms with van der Waals surface area (Å²) in [5.41, 5.74) is 0. The lowest BCUT2D eigenvalue weighted by Crippen LogP contribution is -2.51. The van der Waals surface area contributed by atoms with Gasteiger partial charge in [0.15, 0.2) is 0 Å². The summed E-state index contributed by atoms with van der Waals surface area (Å²) in [4.78, 5) is 17.2. The summed E-state index contributed by atoms with van der Waals surface area (Å²) in [6.07, 6.45) is 7.50. The number of nitrogens with zero attached hydrogens (tertiary/aromatic N) is 2. The largest absolute Gasteiger partial charge is 0.352 e. The standard InChI is InChI=1S/C19H36N4O.ClH/c1-16-2-4-18(5-3-16)21-19(24)15-23-12-10-22(11-13-23)14-17-6-8-20-9-7-17;/h16-18,20H,2-15H2,1H3,(H,21,24);1H. The van der Waals surface area contributed by atoms with Crippen LogP contribution in [0.3, 0.4) is 0 Å². The van der Waals surface area contributed by atoms with Crippen molar-refractivity contribution in [2.45, 2.75) is 51.5 Å². The van der Waals surface area contributed by atoms with Gasteiger partial charge in [-0.1, -0.05) is 6.92 Å². The first-order valence-corrected chi connectivity index (χ1v) is 10.1. The Morgan fingerprint density at radius 2 is 1.56 bits per heavy atom. The highest BCUT2D eigenvalue weighted by molar-refractivity contribution is 5.85. The van der Waals surface area contributed by atoms with E-state index in [9.17, 15) is 4.79 Å². The highest BCUT2D eigenvalue weighted by Gasteiger charge is 2.24. The van der Waals surface area contributed by atoms with E-state index in [2.05, 4.69) is 27.4 Å². The minimum atomic E-state index is 0. The van der Waals surface area contributed by atoms with Gasteiger partial charge in [-0.3, -0.25) is 9.69 Å². The zero-order valence-corrected chi connectivity index (χ0v) is 16.7. The van der Waals surface area contributed by atoms with E-state index in [0.29, 0.717) is 12.6 Å². The smallest absolute Gasteiger partial charge is 0.234 e. The monoisotopic (exact) mass is 372 g/mol. The zero-order valence-electron chi connectivity index (χ0n) is 15.8. The molecule has 0 atom stereocenters. The van der Waals surface area contributed by atoms with Crippen molar-refractivity contribution in [1.29, 1.82) is 0 Å². The molecular formula is C19H37ClN4O. The molecule has 146 valence electrons. The molecule has 3 aliphatic rings. The highest BCUT2D eigenvalue weighted by atomic mass is 35.5. The highest BCUT2D eigenvalue weighted by Crippen LogP contribution is 2.23. The molecule has 0 aromatic carbocycles. The van der Waals surface area contributed by atoms with Gasteiger partial charge in [-0.05, 0) is 63.5 Å². The lowest BCUT2D eigenvalue weighted by molar-refractivity contribution is -0.123. The van der Waals surface area contributed by atoms with Crippen LogP contribution in [0, 0.1) is 11.8 Å². The SMILES string of the molecule is CC1CCC(NC(=O)CN2CCN(CC3CCNCC3)CC2)CC1.Cl. The van der Waals surface area contributed by atoms with E-state index in [0.717, 1.165) is 50.9 Å². The first-order chi connectivity index (χ1) is 11.7. The van der Waals surface area contributed by atoms with Gasteiger partial charge in [-0.2, -0.15) is 0 Å². The number of amides is 1. The number of carbonyl (C=O) groups excluding carboxylic acids is 1. The molecule has 6 heteroatoms. The molecular weight excluding hydrogens is 336 g/mol. The van der Waals surface area contributed by atoms with Crippen molar-refractivity contribution < 1.29 is 4.79 Å². The summed E-state index contributed by atoms with van der Waals surface area (Å²) >= 11 is 0. The third-order valence-electron chi connectivity index (χ3n) is 6.19. The maximum absolute atomic E-state index is 12.3. The van der Waals surface area contributed by atoms with Gasteiger partial charge in [0.2, 0.25) is 5.91 Å². The molecule has 0 unspecified atom stereocenters. The van der Waals surface area contributed by atoms with Crippen LogP contribution in [-0.2, 0) is 4.79 Å². The van der Waals surface area contributed by atoms with Crippen LogP contribution in [0.2, 0.25) is 0 Å². The van der Waals surface area contributed by atoms with E-state index in [1.807, 2.05) is 0 Å². The molecule has 3 fully saturated rings. The van der Waals surface area contributed by atoms with E-state index in [1.54, 1.807) is 0 Å². The fourth-order valence-corrected chi connectivity index (χ4v) is 4.44. The van der Waals surface area contributed by atoms with Crippen LogP contribution >= 0.6 is 12.4 Å². The first kappa shape index (κ1) is 20.9. The third-order valence-corrected chi connectivity index (χ3v) is 6.19. The van der Waals surface area contributed by atoms with Crippen LogP contribution in [0.1, 0.15) is 45.4 Å². The van der Waals surface area contributed by atoms with Gasteiger partial charge in [-0.25, -0.2) is 0 Å². The minimum absolute atomic E-state index is 0. The van der Waals surface area contributed by atoms with Gasteiger partial charge in [0.1, 0.15) is 0 Å². The molecule has 3 rings (SSSR count). The minimum Gasteiger partial charge on any atom is -0.352 e. The predicted molar refractivity (Wildman–Crippen MR) is 105 cm³/mol. The molecule has 2 aliphatic heterocycles. The van der Waals surface area contributed by atoms with E-state index in [4.69, 9.17) is 0 Å². The average Bonchev–Trinajstić information content (AvgIpc) is 2.60. The van der Waals surface area contributed by atoms with E-state index in [1.165, 1.54) is 45.3 Å². The number of rotatable bonds is 5. The summed E-state index contributed by atoms with van der Waals surface area (Å²) in [5.74, 6) is 1.95. The molecule has 0 bridgehead atoms. The average molecular weight is 373 g/mol. The van der Waals surface area contributed by atoms with E-state index >= 15 is 0 Å². The molecule has 1 saturated carbocycles. The maximum atomic E-state index is 12.3. The summed E-state index contributed by atoms with van der Waals surface area (Å²) in [6.45, 7) is 10.9. The lowest BCUT2D eigenvalue weighted by atomic mass is 9.87. The number of hydrogen-bond donors (Lipinski definition) is 2. The normalized spacial score (nSPS) is 29.8. The van der Waals surface area contributed by atoms with Crippen LogP contribution in [-0.4, -0.2) is 74.1 Å². The van der Waals surface area contributed by atoms with Crippen molar-refractivity contribution in [2.24, 2.45) is 11.8 Å². The second-order valence-corrected chi connectivity index (χ2v) is 8.29. The molecule has 2 heterocycles. The molecule has 25 heavy (non-hydrogen) atoms. The van der Waals surface area contributed by atoms with Crippen molar-refractivity contribution in [3.05, 3.63) is 0 Å². The number of halogens is 1. The molecule has 0 spiro atoms. The Bertz CT molecular complexity index is 387. The number of nitrogens with one attached hydrogen (secondary N) is 2. The number of carbonyl (C=O) groups is 1. The Balaban J connectivity index is 0.00000225. The number of piperazine rings is 1. The van der Waals surface area contributed by atoms with Gasteiger partial charge >= 0.3 is 0 Å². The van der Waals surface area contributed by atoms with E-state index < -0.39 is 0 Å². The van der Waals surface area contributed by atoms with Crippen molar-refractivity contribution >= 4 is 18.3 Å². The van der Waals surface area contributed by atoms with Crippen molar-refractivity contribution in [2.75, 3.05) is 52.4 Å². The molecule has 0 aromatic rings. The molecule has 0 aromatic heterocycles. The first-order valence-electron chi connectivity index (χ1n) is 10.1. The quantitative estimate of drug-likeness (QED) is 0.771. The summed E-state index contributed by atoms with van der Waals surface area (Å²) < 4.78 is 0. The molecule has 1 aliphatic carbocycles. The van der Waals surface area contributed by atoms with Crippen LogP contribution in [0.4, 0.5) is 0 Å². The Hall–Kier alpha value is -0.360. The van der Waals surface area contributed by atoms with Gasteiger partial charge in [-0.15, -0.1) is 12.4 Å². The van der Waals surface area contributed by atoms with Gasteiger partial charge in [0, 0.05) is 38.8 Å². The Labute approximate surface area is 159 Å². The molecule has 1 amide bonds. The van der Waals surface area contributed by atoms with Crippen LogP contribution in [0.5, 0.6) is 0 Å². The Kier molecular flexibility index (Phi) is 8.97. The second kappa shape index (κ2) is 10.7. The summed E-state index contributed by atoms with van der Waals surface area (Å²) in [7, 11) is 0. The lowest BCUT2D eigenvalue weighted by Gasteiger charge is -2.37. The van der Waals surface area contributed by atoms with E-state index in [-0.39, 0.29) is 18.3 Å². The molecule has 2 N–H and O–H groups in total. The topological polar surface area (TPSA) is 47.6 Å². The fraction of sp³-hybridized carbons (Fsp3) is 0.947. The molecule has 0 radical (unpaired) electrons. The number of piperidine rings is 1. The van der Waals surface area contributed by atoms with Crippen molar-refractivity contribution in [1.82, 2.24) is 20.4 Å². The van der Waals surface area contributed by atoms with Gasteiger partial charge < -0.3 is 15.5 Å². The third kappa shape index (κ3) is 7.05. The second-order valence-electron chi connectivity index (χ2n) is 8.29. The maximum Gasteiger partial charge on any atom is 0.234 e. The van der Waals surface area contributed by atoms with Crippen molar-refractivity contribution in [3.8, 4) is 0 Å². The fourth-order valence-electron chi connectivity index (χ4n) is 4.44. The van der Waals surface area contributed by atoms with Gasteiger partial charge in [0.25, 0.3) is 0 Å². The predicted octanol–water partition coefficient (Wildman–Crippen LogP) is 1.72. The van der Waals surface area contributed by atoms with Crippen molar-refractivity contribution in [3.63, 3.8) is 0 Å². The summed E-state index contributed by atoms with van der Waals surface area (Å²) in [5, 5.41) is 6.71. The molecule has 2 saturated heterocycles.